The predicted octanol–water partition coefficient (Wildman–Crippen LogP) is 3.76. The highest BCUT2D eigenvalue weighted by molar-refractivity contribution is 7.89. The summed E-state index contributed by atoms with van der Waals surface area (Å²) in [5, 5.41) is 0.420. The number of rotatable bonds is 7. The molecule has 3 aromatic rings. The van der Waals surface area contributed by atoms with Gasteiger partial charge in [-0.2, -0.15) is 4.31 Å². The van der Waals surface area contributed by atoms with Gasteiger partial charge in [-0.25, -0.2) is 8.42 Å². The predicted molar refractivity (Wildman–Crippen MR) is 109 cm³/mol. The molecule has 0 saturated carbocycles. The molecule has 0 saturated heterocycles. The molecule has 0 fully saturated rings. The van der Waals surface area contributed by atoms with Gasteiger partial charge in [-0.3, -0.25) is 4.79 Å². The number of carbonyl (C=O) groups excluding carboxylic acids is 1. The Kier molecular flexibility index (Phi) is 6.14. The zero-order chi connectivity index (χ0) is 20.1. The summed E-state index contributed by atoms with van der Waals surface area (Å²) in [6.45, 7) is -0.00565. The largest absolute Gasteiger partial charge is 0.368 e. The number of nitrogens with two attached hydrogens (primary N) is 1. The highest BCUT2D eigenvalue weighted by atomic mass is 35.5. The Balaban J connectivity index is 2.13. The number of sulfonamides is 1. The minimum atomic E-state index is -4.03. The molecule has 0 bridgehead atoms. The molecule has 2 N–H and O–H groups in total. The SMILES string of the molecule is NC(=O)C(c1ccccc1)N(Cc1ccccc1)S(=O)(=O)c1ccc(Cl)cc1. The zero-order valence-electron chi connectivity index (χ0n) is 14.9. The van der Waals surface area contributed by atoms with E-state index in [0.29, 0.717) is 10.6 Å². The molecule has 5 nitrogen and oxygen atoms in total. The van der Waals surface area contributed by atoms with Crippen LogP contribution in [0.3, 0.4) is 0 Å². The minimum Gasteiger partial charge on any atom is -0.368 e. The molecule has 3 aromatic carbocycles. The van der Waals surface area contributed by atoms with Gasteiger partial charge in [-0.15, -0.1) is 0 Å². The molecule has 7 heteroatoms. The highest BCUT2D eigenvalue weighted by Crippen LogP contribution is 2.30. The lowest BCUT2D eigenvalue weighted by molar-refractivity contribution is -0.122. The average Bonchev–Trinajstić information content (AvgIpc) is 2.69. The van der Waals surface area contributed by atoms with Gasteiger partial charge in [0.1, 0.15) is 6.04 Å². The summed E-state index contributed by atoms with van der Waals surface area (Å²) >= 11 is 5.90. The topological polar surface area (TPSA) is 80.5 Å². The number of hydrogen-bond acceptors (Lipinski definition) is 3. The van der Waals surface area contributed by atoms with Crippen LogP contribution in [0.15, 0.2) is 89.8 Å². The Morgan fingerprint density at radius 3 is 1.96 bits per heavy atom. The first kappa shape index (κ1) is 20.1. The van der Waals surface area contributed by atoms with Crippen molar-refractivity contribution in [3.63, 3.8) is 0 Å². The second-order valence-corrected chi connectivity index (χ2v) is 8.53. The molecule has 0 aliphatic heterocycles. The average molecular weight is 415 g/mol. The summed E-state index contributed by atoms with van der Waals surface area (Å²) in [6.07, 6.45) is 0. The molecule has 0 heterocycles. The Morgan fingerprint density at radius 2 is 1.43 bits per heavy atom. The van der Waals surface area contributed by atoms with E-state index in [9.17, 15) is 13.2 Å². The van der Waals surface area contributed by atoms with Gasteiger partial charge in [0.15, 0.2) is 0 Å². The number of halogens is 1. The van der Waals surface area contributed by atoms with Gasteiger partial charge in [-0.1, -0.05) is 72.3 Å². The van der Waals surface area contributed by atoms with Crippen molar-refractivity contribution in [3.05, 3.63) is 101 Å². The number of carbonyl (C=O) groups is 1. The number of nitrogens with zero attached hydrogens (tertiary/aromatic N) is 1. The van der Waals surface area contributed by atoms with E-state index in [4.69, 9.17) is 17.3 Å². The van der Waals surface area contributed by atoms with Gasteiger partial charge in [0.05, 0.1) is 4.90 Å². The Morgan fingerprint density at radius 1 is 0.893 bits per heavy atom. The van der Waals surface area contributed by atoms with Crippen molar-refractivity contribution in [1.29, 1.82) is 0 Å². The van der Waals surface area contributed by atoms with Gasteiger partial charge in [0.25, 0.3) is 0 Å². The molecule has 0 spiro atoms. The van der Waals surface area contributed by atoms with E-state index in [1.807, 2.05) is 18.2 Å². The number of amides is 1. The quantitative estimate of drug-likeness (QED) is 0.639. The zero-order valence-corrected chi connectivity index (χ0v) is 16.5. The summed E-state index contributed by atoms with van der Waals surface area (Å²) in [7, 11) is -4.03. The molecular formula is C21H19ClN2O3S. The van der Waals surface area contributed by atoms with E-state index in [2.05, 4.69) is 0 Å². The summed E-state index contributed by atoms with van der Waals surface area (Å²) in [5.74, 6) is -0.750. The fraction of sp³-hybridized carbons (Fsp3) is 0.0952. The number of benzene rings is 3. The van der Waals surface area contributed by atoms with Crippen LogP contribution in [0.2, 0.25) is 5.02 Å². The van der Waals surface area contributed by atoms with Gasteiger partial charge >= 0.3 is 0 Å². The molecule has 0 radical (unpaired) electrons. The van der Waals surface area contributed by atoms with Crippen molar-refractivity contribution in [2.75, 3.05) is 0 Å². The van der Waals surface area contributed by atoms with Crippen LogP contribution in [0.25, 0.3) is 0 Å². The number of hydrogen-bond donors (Lipinski definition) is 1. The third-order valence-electron chi connectivity index (χ3n) is 4.27. The monoisotopic (exact) mass is 414 g/mol. The van der Waals surface area contributed by atoms with E-state index < -0.39 is 22.0 Å². The molecule has 1 unspecified atom stereocenters. The lowest BCUT2D eigenvalue weighted by atomic mass is 10.1. The molecule has 3 rings (SSSR count). The second kappa shape index (κ2) is 8.56. The molecule has 1 amide bonds. The summed E-state index contributed by atoms with van der Waals surface area (Å²) in [6, 6.07) is 22.4. The molecule has 0 aliphatic rings. The van der Waals surface area contributed by atoms with Crippen molar-refractivity contribution >= 4 is 27.5 Å². The maximum absolute atomic E-state index is 13.4. The van der Waals surface area contributed by atoms with Crippen molar-refractivity contribution in [3.8, 4) is 0 Å². The highest BCUT2D eigenvalue weighted by Gasteiger charge is 2.36. The van der Waals surface area contributed by atoms with E-state index in [0.717, 1.165) is 9.87 Å². The Hall–Kier alpha value is -2.67. The molecule has 0 aliphatic carbocycles. The standard InChI is InChI=1S/C21H19ClN2O3S/c22-18-11-13-19(14-12-18)28(26,27)24(15-16-7-3-1-4-8-16)20(21(23)25)17-9-5-2-6-10-17/h1-14,20H,15H2,(H2,23,25). The van der Waals surface area contributed by atoms with Crippen molar-refractivity contribution < 1.29 is 13.2 Å². The van der Waals surface area contributed by atoms with E-state index >= 15 is 0 Å². The first-order chi connectivity index (χ1) is 13.4. The van der Waals surface area contributed by atoms with Gasteiger partial charge < -0.3 is 5.73 Å². The van der Waals surface area contributed by atoms with Crippen molar-refractivity contribution in [1.82, 2.24) is 4.31 Å². The molecular weight excluding hydrogens is 396 g/mol. The smallest absolute Gasteiger partial charge is 0.244 e. The summed E-state index contributed by atoms with van der Waals surface area (Å²) < 4.78 is 28.0. The van der Waals surface area contributed by atoms with E-state index in [-0.39, 0.29) is 11.4 Å². The Bertz CT molecular complexity index is 1040. The lowest BCUT2D eigenvalue weighted by Gasteiger charge is -2.29. The fourth-order valence-corrected chi connectivity index (χ4v) is 4.63. The normalized spacial score (nSPS) is 12.6. The van der Waals surface area contributed by atoms with Crippen LogP contribution in [-0.4, -0.2) is 18.6 Å². The first-order valence-electron chi connectivity index (χ1n) is 8.55. The third-order valence-corrected chi connectivity index (χ3v) is 6.35. The molecule has 28 heavy (non-hydrogen) atoms. The Labute approximate surface area is 169 Å². The minimum absolute atomic E-state index is 0.00565. The second-order valence-electron chi connectivity index (χ2n) is 6.21. The van der Waals surface area contributed by atoms with Crippen LogP contribution in [-0.2, 0) is 21.4 Å². The van der Waals surface area contributed by atoms with E-state index in [1.165, 1.54) is 24.3 Å². The molecule has 1 atom stereocenters. The maximum Gasteiger partial charge on any atom is 0.244 e. The van der Waals surface area contributed by atoms with Crippen LogP contribution >= 0.6 is 11.6 Å². The summed E-state index contributed by atoms with van der Waals surface area (Å²) in [4.78, 5) is 12.4. The molecule has 144 valence electrons. The maximum atomic E-state index is 13.4. The van der Waals surface area contributed by atoms with Gasteiger partial charge in [-0.05, 0) is 35.4 Å². The van der Waals surface area contributed by atoms with Gasteiger partial charge in [0, 0.05) is 11.6 Å². The van der Waals surface area contributed by atoms with Crippen molar-refractivity contribution in [2.24, 2.45) is 5.73 Å². The van der Waals surface area contributed by atoms with E-state index in [1.54, 1.807) is 42.5 Å². The van der Waals surface area contributed by atoms with Crippen LogP contribution < -0.4 is 5.73 Å². The van der Waals surface area contributed by atoms with Crippen LogP contribution in [0.5, 0.6) is 0 Å². The van der Waals surface area contributed by atoms with Crippen molar-refractivity contribution in [2.45, 2.75) is 17.5 Å². The van der Waals surface area contributed by atoms with Crippen LogP contribution in [0, 0.1) is 0 Å². The summed E-state index contributed by atoms with van der Waals surface area (Å²) in [5.41, 5.74) is 6.90. The van der Waals surface area contributed by atoms with Gasteiger partial charge in [0.2, 0.25) is 15.9 Å². The first-order valence-corrected chi connectivity index (χ1v) is 10.4. The molecule has 0 aromatic heterocycles. The van der Waals surface area contributed by atoms with Crippen LogP contribution in [0.4, 0.5) is 0 Å². The third kappa shape index (κ3) is 4.42. The fourth-order valence-electron chi connectivity index (χ4n) is 2.93. The lowest BCUT2D eigenvalue weighted by Crippen LogP contribution is -2.41. The van der Waals surface area contributed by atoms with Crippen LogP contribution in [0.1, 0.15) is 17.2 Å². The number of primary amides is 1.